The van der Waals surface area contributed by atoms with Crippen LogP contribution in [0.4, 0.5) is 17.1 Å². The monoisotopic (exact) mass is 731 g/mol. The molecule has 11 rings (SSSR count). The molecule has 1 aromatic heterocycles. The van der Waals surface area contributed by atoms with E-state index in [1.807, 2.05) is 11.3 Å². The molecule has 1 atom stereocenters. The minimum absolute atomic E-state index is 0.295. The van der Waals surface area contributed by atoms with Gasteiger partial charge < -0.3 is 4.90 Å². The van der Waals surface area contributed by atoms with Crippen molar-refractivity contribution in [2.24, 2.45) is 0 Å². The molecule has 0 aliphatic heterocycles. The Kier molecular flexibility index (Phi) is 7.55. The Bertz CT molecular complexity index is 3100. The van der Waals surface area contributed by atoms with Crippen molar-refractivity contribution in [1.29, 1.82) is 0 Å². The first-order valence-electron chi connectivity index (χ1n) is 19.3. The molecule has 264 valence electrons. The van der Waals surface area contributed by atoms with Crippen LogP contribution < -0.4 is 4.90 Å². The van der Waals surface area contributed by atoms with E-state index < -0.39 is 0 Å². The predicted molar refractivity (Wildman–Crippen MR) is 240 cm³/mol. The molecule has 56 heavy (non-hydrogen) atoms. The summed E-state index contributed by atoms with van der Waals surface area (Å²) in [6.45, 7) is 2.39. The van der Waals surface area contributed by atoms with E-state index in [1.165, 1.54) is 81.0 Å². The van der Waals surface area contributed by atoms with E-state index in [4.69, 9.17) is 0 Å². The highest BCUT2D eigenvalue weighted by atomic mass is 32.1. The van der Waals surface area contributed by atoms with Crippen LogP contribution in [-0.4, -0.2) is 0 Å². The van der Waals surface area contributed by atoms with Gasteiger partial charge in [0.05, 0.1) is 0 Å². The van der Waals surface area contributed by atoms with Crippen molar-refractivity contribution in [3.8, 4) is 33.4 Å². The topological polar surface area (TPSA) is 3.24 Å². The average molecular weight is 732 g/mol. The van der Waals surface area contributed by atoms with Crippen LogP contribution in [0.3, 0.4) is 0 Å². The molecule has 1 heterocycles. The summed E-state index contributed by atoms with van der Waals surface area (Å²) >= 11 is 1.87. The summed E-state index contributed by atoms with van der Waals surface area (Å²) in [5.41, 5.74) is 14.5. The SMILES string of the molecule is CC1(c2ccccc2)c2ccccc2-c2ccc(N(c3ccc(-c4ccc5ccccc5c4)cc3)c3cccc(-c4ccc5c(c4)sc4ccccc45)c3)cc21. The Morgan fingerprint density at radius 3 is 1.91 bits per heavy atom. The van der Waals surface area contributed by atoms with Crippen LogP contribution >= 0.6 is 11.3 Å². The predicted octanol–water partition coefficient (Wildman–Crippen LogP) is 15.3. The van der Waals surface area contributed by atoms with Crippen molar-refractivity contribution in [1.82, 2.24) is 0 Å². The summed E-state index contributed by atoms with van der Waals surface area (Å²) < 4.78 is 2.64. The molecule has 1 aliphatic rings. The smallest absolute Gasteiger partial charge is 0.0467 e. The summed E-state index contributed by atoms with van der Waals surface area (Å²) in [6.07, 6.45) is 0. The van der Waals surface area contributed by atoms with E-state index in [-0.39, 0.29) is 5.41 Å². The number of rotatable bonds is 6. The summed E-state index contributed by atoms with van der Waals surface area (Å²) in [7, 11) is 0. The zero-order chi connectivity index (χ0) is 37.2. The number of hydrogen-bond acceptors (Lipinski definition) is 2. The molecular weight excluding hydrogens is 695 g/mol. The number of fused-ring (bicyclic) bond motifs is 7. The van der Waals surface area contributed by atoms with Crippen molar-refractivity contribution >= 4 is 59.3 Å². The molecule has 0 radical (unpaired) electrons. The molecule has 1 nitrogen and oxygen atoms in total. The second-order valence-electron chi connectivity index (χ2n) is 15.1. The van der Waals surface area contributed by atoms with E-state index in [0.29, 0.717) is 0 Å². The molecule has 0 amide bonds. The minimum Gasteiger partial charge on any atom is -0.310 e. The first-order chi connectivity index (χ1) is 27.6. The van der Waals surface area contributed by atoms with Gasteiger partial charge in [-0.1, -0.05) is 152 Å². The summed E-state index contributed by atoms with van der Waals surface area (Å²) in [4.78, 5) is 2.43. The Hall–Kier alpha value is -6.74. The van der Waals surface area contributed by atoms with Gasteiger partial charge in [0.15, 0.2) is 0 Å². The Balaban J connectivity index is 1.06. The maximum absolute atomic E-state index is 2.44. The van der Waals surface area contributed by atoms with Gasteiger partial charge in [0.2, 0.25) is 0 Å². The molecule has 0 saturated carbocycles. The lowest BCUT2D eigenvalue weighted by molar-refractivity contribution is 0.714. The number of anilines is 3. The largest absolute Gasteiger partial charge is 0.310 e. The first kappa shape index (κ1) is 32.7. The van der Waals surface area contributed by atoms with Crippen LogP contribution in [0.2, 0.25) is 0 Å². The quantitative estimate of drug-likeness (QED) is 0.165. The summed E-state index contributed by atoms with van der Waals surface area (Å²) in [5.74, 6) is 0. The molecule has 0 bridgehead atoms. The maximum Gasteiger partial charge on any atom is 0.0467 e. The molecule has 0 N–H and O–H groups in total. The van der Waals surface area contributed by atoms with Gasteiger partial charge in [-0.15, -0.1) is 11.3 Å². The van der Waals surface area contributed by atoms with Gasteiger partial charge in [0.1, 0.15) is 0 Å². The maximum atomic E-state index is 2.44. The summed E-state index contributed by atoms with van der Waals surface area (Å²) in [5, 5.41) is 5.15. The third kappa shape index (κ3) is 5.21. The molecule has 9 aromatic carbocycles. The molecular formula is C54H37NS. The van der Waals surface area contributed by atoms with Crippen molar-refractivity contribution in [2.75, 3.05) is 4.90 Å². The van der Waals surface area contributed by atoms with Crippen molar-refractivity contribution in [3.63, 3.8) is 0 Å². The highest BCUT2D eigenvalue weighted by Crippen LogP contribution is 2.54. The third-order valence-corrected chi connectivity index (χ3v) is 13.1. The van der Waals surface area contributed by atoms with E-state index in [9.17, 15) is 0 Å². The highest BCUT2D eigenvalue weighted by molar-refractivity contribution is 7.25. The van der Waals surface area contributed by atoms with Gasteiger partial charge >= 0.3 is 0 Å². The van der Waals surface area contributed by atoms with Gasteiger partial charge in [0, 0.05) is 42.6 Å². The van der Waals surface area contributed by atoms with Crippen molar-refractivity contribution in [3.05, 3.63) is 223 Å². The molecule has 0 saturated heterocycles. The van der Waals surface area contributed by atoms with Crippen molar-refractivity contribution in [2.45, 2.75) is 12.3 Å². The molecule has 0 spiro atoms. The lowest BCUT2D eigenvalue weighted by atomic mass is 9.74. The second kappa shape index (κ2) is 12.9. The average Bonchev–Trinajstić information content (AvgIpc) is 3.77. The van der Waals surface area contributed by atoms with Gasteiger partial charge in [0.25, 0.3) is 0 Å². The van der Waals surface area contributed by atoms with E-state index in [0.717, 1.165) is 17.1 Å². The fourth-order valence-electron chi connectivity index (χ4n) is 9.05. The number of hydrogen-bond donors (Lipinski definition) is 0. The van der Waals surface area contributed by atoms with Gasteiger partial charge in [-0.2, -0.15) is 0 Å². The molecule has 2 heteroatoms. The zero-order valence-corrected chi connectivity index (χ0v) is 31.8. The molecule has 10 aromatic rings. The van der Waals surface area contributed by atoms with Crippen LogP contribution in [0.15, 0.2) is 206 Å². The first-order valence-corrected chi connectivity index (χ1v) is 20.1. The normalized spacial score (nSPS) is 14.6. The third-order valence-electron chi connectivity index (χ3n) is 11.9. The molecule has 1 unspecified atom stereocenters. The van der Waals surface area contributed by atoms with Gasteiger partial charge in [-0.3, -0.25) is 0 Å². The standard InChI is InChI=1S/C54H37NS/c1-54(42-15-3-2-4-16-42)50-20-9-7-18-46(50)47-31-29-45(35-51(47)54)55(43-27-24-37(25-28-43)40-23-22-36-12-5-6-13-38(36)32-40)44-17-11-14-39(33-44)41-26-30-49-48-19-8-10-21-52(48)56-53(49)34-41/h2-35H,1H3. The van der Waals surface area contributed by atoms with E-state index in [2.05, 4.69) is 218 Å². The van der Waals surface area contributed by atoms with Crippen LogP contribution in [0.5, 0.6) is 0 Å². The van der Waals surface area contributed by atoms with Crippen LogP contribution in [-0.2, 0) is 5.41 Å². The number of nitrogens with zero attached hydrogens (tertiary/aromatic N) is 1. The fraction of sp³-hybridized carbons (Fsp3) is 0.0370. The summed E-state index contributed by atoms with van der Waals surface area (Å²) in [6, 6.07) is 76.1. The highest BCUT2D eigenvalue weighted by Gasteiger charge is 2.41. The van der Waals surface area contributed by atoms with E-state index in [1.54, 1.807) is 0 Å². The van der Waals surface area contributed by atoms with E-state index >= 15 is 0 Å². The Labute approximate surface area is 331 Å². The number of benzene rings is 9. The fourth-order valence-corrected chi connectivity index (χ4v) is 10.2. The minimum atomic E-state index is -0.295. The Morgan fingerprint density at radius 1 is 0.375 bits per heavy atom. The van der Waals surface area contributed by atoms with Gasteiger partial charge in [-0.05, 0) is 122 Å². The molecule has 1 aliphatic carbocycles. The van der Waals surface area contributed by atoms with Crippen LogP contribution in [0, 0.1) is 0 Å². The molecule has 0 fully saturated rings. The Morgan fingerprint density at radius 2 is 1.02 bits per heavy atom. The van der Waals surface area contributed by atoms with Crippen LogP contribution in [0.1, 0.15) is 23.6 Å². The lowest BCUT2D eigenvalue weighted by Gasteiger charge is -2.31. The number of thiophene rings is 1. The van der Waals surface area contributed by atoms with Crippen molar-refractivity contribution < 1.29 is 0 Å². The van der Waals surface area contributed by atoms with Gasteiger partial charge in [-0.25, -0.2) is 0 Å². The zero-order valence-electron chi connectivity index (χ0n) is 31.0. The lowest BCUT2D eigenvalue weighted by Crippen LogP contribution is -2.22. The second-order valence-corrected chi connectivity index (χ2v) is 16.2. The van der Waals surface area contributed by atoms with Crippen LogP contribution in [0.25, 0.3) is 64.3 Å².